The van der Waals surface area contributed by atoms with Gasteiger partial charge in [0.05, 0.1) is 41.5 Å². The molecule has 7 unspecified atom stereocenters. The number of hydrogen-bond donors (Lipinski definition) is 2. The van der Waals surface area contributed by atoms with E-state index in [0.717, 1.165) is 12.0 Å². The number of Topliss-reactive ketones (excluding diaryl/α,β-unsaturated/α-hetero) is 1. The van der Waals surface area contributed by atoms with Crippen molar-refractivity contribution in [1.82, 2.24) is 9.55 Å². The number of allylic oxidation sites excluding steroid dienone is 4. The number of carbonyl (C=O) groups excluding carboxylic acids is 2. The summed E-state index contributed by atoms with van der Waals surface area (Å²) in [5.41, 5.74) is -0.376. The summed E-state index contributed by atoms with van der Waals surface area (Å²) in [6.45, 7) is 15.6. The maximum atomic E-state index is 15.3. The highest BCUT2D eigenvalue weighted by Crippen LogP contribution is 2.74. The van der Waals surface area contributed by atoms with Crippen molar-refractivity contribution in [2.45, 2.75) is 116 Å². The van der Waals surface area contributed by atoms with Gasteiger partial charge < -0.3 is 28.0 Å². The molecule has 2 aromatic rings. The first-order valence-corrected chi connectivity index (χ1v) is 20.7. The molecular weight excluding hydrogens is 737 g/mol. The van der Waals surface area contributed by atoms with E-state index in [1.54, 1.807) is 19.2 Å². The van der Waals surface area contributed by atoms with E-state index in [1.807, 2.05) is 77.5 Å². The van der Waals surface area contributed by atoms with Gasteiger partial charge in [-0.2, -0.15) is 0 Å². The van der Waals surface area contributed by atoms with Crippen LogP contribution in [-0.4, -0.2) is 66.3 Å². The molecule has 56 heavy (non-hydrogen) atoms. The molecule has 4 aliphatic heterocycles. The highest BCUT2D eigenvalue weighted by molar-refractivity contribution is 7.46. The molecule has 13 nitrogen and oxygen atoms in total. The van der Waals surface area contributed by atoms with Crippen LogP contribution in [0.15, 0.2) is 58.4 Å². The predicted molar refractivity (Wildman–Crippen MR) is 208 cm³/mol. The molecule has 7 atom stereocenters. The number of ketones is 1. The number of phosphoric acid groups is 1. The standard InChI is InChI=1S/C42H50N3O10P/c1-22(2)11-10-16-40(8)17-15-26-33(52-40)25(13-12-23(3)4)34-29(35(26)54-56(48,49)50)31-30-32(45-20-19-43-38(45)44-31)27-21-28-39(6,7)55-41(36(27)46,42(28,30)53-34)18-14-24(5)37(47)51-9/h11-12,14-15,17,19-20,27-28,30,32H,10,13,16,18,21H2,1-9H3,(H2,48,49,50). The second-order valence-electron chi connectivity index (χ2n) is 17.3. The van der Waals surface area contributed by atoms with Gasteiger partial charge in [-0.05, 0) is 93.2 Å². The van der Waals surface area contributed by atoms with Crippen LogP contribution in [0.2, 0.25) is 0 Å². The second kappa shape index (κ2) is 12.9. The lowest BCUT2D eigenvalue weighted by Crippen LogP contribution is -2.79. The van der Waals surface area contributed by atoms with E-state index in [9.17, 15) is 19.1 Å². The molecule has 1 aromatic heterocycles. The number of aromatic nitrogens is 2. The first-order chi connectivity index (χ1) is 26.3. The SMILES string of the molecule is COC(=O)C(C)=CCC12OC(C)(C)C3CC(C1=O)C1C4C(=Nc5nccn51)c1c(OP(=O)(O)O)c5c(c(CC=C(C)C)c1OC432)OC(C)(CCC=C(C)C)C=C5. The highest BCUT2D eigenvalue weighted by atomic mass is 31.2. The lowest BCUT2D eigenvalue weighted by atomic mass is 9.44. The Kier molecular flexibility index (Phi) is 8.86. The zero-order valence-corrected chi connectivity index (χ0v) is 34.2. The molecule has 1 saturated heterocycles. The van der Waals surface area contributed by atoms with E-state index in [1.165, 1.54) is 12.7 Å². The molecule has 3 saturated carbocycles. The Labute approximate surface area is 326 Å². The molecule has 298 valence electrons. The van der Waals surface area contributed by atoms with Crippen LogP contribution < -0.4 is 14.0 Å². The molecule has 4 bridgehead atoms. The van der Waals surface area contributed by atoms with Crippen molar-refractivity contribution in [2.24, 2.45) is 22.7 Å². The molecule has 0 radical (unpaired) electrons. The van der Waals surface area contributed by atoms with Crippen LogP contribution in [0.3, 0.4) is 0 Å². The monoisotopic (exact) mass is 787 g/mol. The topological polar surface area (TPSA) is 168 Å². The molecule has 7 aliphatic rings. The van der Waals surface area contributed by atoms with Crippen molar-refractivity contribution in [2.75, 3.05) is 7.11 Å². The molecule has 0 amide bonds. The number of carbonyl (C=O) groups is 2. The molecule has 5 heterocycles. The number of ether oxygens (including phenoxy) is 4. The van der Waals surface area contributed by atoms with E-state index >= 15 is 4.79 Å². The average molecular weight is 788 g/mol. The van der Waals surface area contributed by atoms with Crippen molar-refractivity contribution in [1.29, 1.82) is 0 Å². The van der Waals surface area contributed by atoms with Gasteiger partial charge in [-0.3, -0.25) is 14.6 Å². The van der Waals surface area contributed by atoms with Gasteiger partial charge in [0.15, 0.2) is 22.7 Å². The average Bonchev–Trinajstić information content (AvgIpc) is 3.64. The second-order valence-corrected chi connectivity index (χ2v) is 18.4. The Morgan fingerprint density at radius 1 is 1.07 bits per heavy atom. The zero-order valence-electron chi connectivity index (χ0n) is 33.3. The smallest absolute Gasteiger partial charge is 0.482 e. The lowest BCUT2D eigenvalue weighted by molar-refractivity contribution is -0.206. The Morgan fingerprint density at radius 3 is 2.48 bits per heavy atom. The summed E-state index contributed by atoms with van der Waals surface area (Å²) in [5.74, 6) is -1.33. The third kappa shape index (κ3) is 5.56. The van der Waals surface area contributed by atoms with Crippen molar-refractivity contribution < 1.29 is 47.4 Å². The quantitative estimate of drug-likeness (QED) is 0.106. The van der Waals surface area contributed by atoms with Gasteiger partial charge in [0.2, 0.25) is 5.95 Å². The third-order valence-corrected chi connectivity index (χ3v) is 13.0. The molecule has 1 aromatic carbocycles. The van der Waals surface area contributed by atoms with E-state index in [0.29, 0.717) is 53.4 Å². The summed E-state index contributed by atoms with van der Waals surface area (Å²) in [6, 6.07) is -0.501. The minimum atomic E-state index is -5.19. The number of methoxy groups -OCH3 is 1. The maximum absolute atomic E-state index is 15.3. The Balaban J connectivity index is 1.46. The first-order valence-electron chi connectivity index (χ1n) is 19.2. The molecule has 3 aliphatic carbocycles. The van der Waals surface area contributed by atoms with Crippen LogP contribution >= 0.6 is 7.82 Å². The molecular formula is C42H50N3O10P. The van der Waals surface area contributed by atoms with Crippen molar-refractivity contribution in [3.05, 3.63) is 70.1 Å². The van der Waals surface area contributed by atoms with Crippen molar-refractivity contribution in [3.8, 4) is 17.2 Å². The van der Waals surface area contributed by atoms with Crippen LogP contribution in [0.25, 0.3) is 6.08 Å². The van der Waals surface area contributed by atoms with Gasteiger partial charge in [-0.15, -0.1) is 0 Å². The first kappa shape index (κ1) is 38.6. The Bertz CT molecular complexity index is 2270. The minimum absolute atomic E-state index is 0.0214. The normalized spacial score (nSPS) is 31.2. The summed E-state index contributed by atoms with van der Waals surface area (Å²) in [4.78, 5) is 58.8. The minimum Gasteiger partial charge on any atom is -0.482 e. The number of imidazole rings is 1. The van der Waals surface area contributed by atoms with Crippen LogP contribution in [0, 0.1) is 17.8 Å². The summed E-state index contributed by atoms with van der Waals surface area (Å²) >= 11 is 0. The number of rotatable bonds is 10. The van der Waals surface area contributed by atoms with Gasteiger partial charge >= 0.3 is 13.8 Å². The number of esters is 1. The van der Waals surface area contributed by atoms with Crippen LogP contribution in [0.5, 0.6) is 17.2 Å². The maximum Gasteiger partial charge on any atom is 0.524 e. The number of fused-ring (bicyclic) bond motifs is 4. The van der Waals surface area contributed by atoms with Gasteiger partial charge in [-0.1, -0.05) is 29.4 Å². The fraction of sp³-hybridized carbons (Fsp3) is 0.524. The lowest BCUT2D eigenvalue weighted by Gasteiger charge is -2.64. The van der Waals surface area contributed by atoms with Crippen molar-refractivity contribution >= 4 is 37.3 Å². The molecule has 14 heteroatoms. The fourth-order valence-corrected chi connectivity index (χ4v) is 10.8. The summed E-state index contributed by atoms with van der Waals surface area (Å²) in [5, 5.41) is 0. The molecule has 4 fully saturated rings. The van der Waals surface area contributed by atoms with E-state index in [2.05, 4.69) is 11.1 Å². The predicted octanol–water partition coefficient (Wildman–Crippen LogP) is 7.47. The van der Waals surface area contributed by atoms with Gasteiger partial charge in [0, 0.05) is 41.8 Å². The largest absolute Gasteiger partial charge is 0.524 e. The van der Waals surface area contributed by atoms with Gasteiger partial charge in [0.1, 0.15) is 17.1 Å². The number of aliphatic imine (C=N–C) groups is 1. The van der Waals surface area contributed by atoms with Gasteiger partial charge in [0.25, 0.3) is 0 Å². The molecule has 9 rings (SSSR count). The fourth-order valence-electron chi connectivity index (χ4n) is 10.4. The summed E-state index contributed by atoms with van der Waals surface area (Å²) < 4.78 is 47.3. The number of hydrogen-bond acceptors (Lipinski definition) is 10. The zero-order chi connectivity index (χ0) is 40.3. The molecule has 2 N–H and O–H groups in total. The third-order valence-electron chi connectivity index (χ3n) is 12.6. The molecule has 1 spiro atoms. The van der Waals surface area contributed by atoms with E-state index in [-0.39, 0.29) is 35.2 Å². The van der Waals surface area contributed by atoms with E-state index in [4.69, 9.17) is 28.5 Å². The Hall–Kier alpha value is -4.29. The van der Waals surface area contributed by atoms with Crippen molar-refractivity contribution in [3.63, 3.8) is 0 Å². The summed E-state index contributed by atoms with van der Waals surface area (Å²) in [7, 11) is -3.88. The van der Waals surface area contributed by atoms with E-state index < -0.39 is 54.1 Å². The highest BCUT2D eigenvalue weighted by Gasteiger charge is 2.85. The van der Waals surface area contributed by atoms with Crippen LogP contribution in [0.4, 0.5) is 5.95 Å². The Morgan fingerprint density at radius 2 is 1.80 bits per heavy atom. The summed E-state index contributed by atoms with van der Waals surface area (Å²) in [6.07, 6.45) is 15.2. The van der Waals surface area contributed by atoms with Crippen LogP contribution in [0.1, 0.15) is 104 Å². The van der Waals surface area contributed by atoms with Crippen LogP contribution in [-0.2, 0) is 30.0 Å². The number of benzene rings is 1. The van der Waals surface area contributed by atoms with Gasteiger partial charge in [-0.25, -0.2) is 19.3 Å². The number of nitrogens with zero attached hydrogens (tertiary/aromatic N) is 3. The number of phosphoric ester groups is 1.